The lowest BCUT2D eigenvalue weighted by atomic mass is 9.96. The number of allylic oxidation sites excluding steroid dienone is 1. The van der Waals surface area contributed by atoms with Crippen molar-refractivity contribution in [3.63, 3.8) is 0 Å². The van der Waals surface area contributed by atoms with Gasteiger partial charge in [-0.05, 0) is 65.7 Å². The molecule has 1 atom stereocenters. The third-order valence-corrected chi connectivity index (χ3v) is 7.85. The fraction of sp³-hybridized carbons (Fsp3) is 0.200. The van der Waals surface area contributed by atoms with Crippen molar-refractivity contribution in [2.24, 2.45) is 4.99 Å². The van der Waals surface area contributed by atoms with E-state index in [9.17, 15) is 14.4 Å². The van der Waals surface area contributed by atoms with Crippen LogP contribution in [0.15, 0.2) is 61.9 Å². The number of nitrogens with zero attached hydrogens (tertiary/aromatic N) is 2. The molecule has 1 amide bonds. The van der Waals surface area contributed by atoms with Gasteiger partial charge in [0.25, 0.3) is 11.5 Å². The van der Waals surface area contributed by atoms with E-state index in [0.717, 1.165) is 11.3 Å². The molecule has 2 aliphatic heterocycles. The Kier molecular flexibility index (Phi) is 6.36. The van der Waals surface area contributed by atoms with E-state index in [1.807, 2.05) is 0 Å². The molecule has 0 fully saturated rings. The monoisotopic (exact) mass is 587 g/mol. The van der Waals surface area contributed by atoms with Crippen molar-refractivity contribution in [1.82, 2.24) is 4.57 Å². The average Bonchev–Trinajstić information content (AvgIpc) is 3.32. The Hall–Kier alpha value is -3.21. The number of ether oxygens (including phenoxy) is 2. The van der Waals surface area contributed by atoms with Crippen molar-refractivity contribution >= 4 is 62.0 Å². The van der Waals surface area contributed by atoms with E-state index < -0.39 is 23.5 Å². The molecule has 0 saturated carbocycles. The second-order valence-corrected chi connectivity index (χ2v) is 10.3. The number of carbonyl (C=O) groups excluding carboxylic acids is 2. The summed E-state index contributed by atoms with van der Waals surface area (Å²) >= 11 is 10.8. The molecule has 0 unspecified atom stereocenters. The van der Waals surface area contributed by atoms with Crippen LogP contribution in [0.3, 0.4) is 0 Å². The minimum atomic E-state index is -0.819. The van der Waals surface area contributed by atoms with Crippen LogP contribution in [0.25, 0.3) is 5.57 Å². The molecule has 184 valence electrons. The van der Waals surface area contributed by atoms with Gasteiger partial charge >= 0.3 is 5.97 Å². The SMILES string of the molecule is CCOC(=O)C1=C(C)N=c2s/c(=C3\C(=O)Nc4ccc(Cl)cc43)c(=O)n2[C@@H]1c1ccc(OC)c(Br)c1. The molecule has 0 aliphatic carbocycles. The first kappa shape index (κ1) is 24.5. The second-order valence-electron chi connectivity index (χ2n) is 8.04. The fourth-order valence-corrected chi connectivity index (χ4v) is 6.25. The zero-order chi connectivity index (χ0) is 25.7. The van der Waals surface area contributed by atoms with Crippen LogP contribution in [-0.4, -0.2) is 30.2 Å². The quantitative estimate of drug-likeness (QED) is 0.470. The summed E-state index contributed by atoms with van der Waals surface area (Å²) in [6.45, 7) is 3.58. The minimum absolute atomic E-state index is 0.168. The first-order valence-electron chi connectivity index (χ1n) is 10.9. The van der Waals surface area contributed by atoms with Gasteiger partial charge in [0.15, 0.2) is 4.80 Å². The highest BCUT2D eigenvalue weighted by Crippen LogP contribution is 2.36. The average molecular weight is 589 g/mol. The topological polar surface area (TPSA) is 99.0 Å². The highest BCUT2D eigenvalue weighted by atomic mass is 79.9. The number of methoxy groups -OCH3 is 1. The summed E-state index contributed by atoms with van der Waals surface area (Å²) in [6, 6.07) is 9.51. The number of rotatable bonds is 4. The van der Waals surface area contributed by atoms with Crippen molar-refractivity contribution in [2.75, 3.05) is 19.0 Å². The van der Waals surface area contributed by atoms with Crippen molar-refractivity contribution in [1.29, 1.82) is 0 Å². The van der Waals surface area contributed by atoms with Crippen LogP contribution in [0.1, 0.15) is 31.0 Å². The molecular weight excluding hydrogens is 570 g/mol. The molecule has 0 radical (unpaired) electrons. The molecule has 0 spiro atoms. The van der Waals surface area contributed by atoms with Crippen LogP contribution >= 0.6 is 38.9 Å². The molecular formula is C25H19BrClN3O5S. The number of nitrogens with one attached hydrogen (secondary N) is 1. The molecule has 2 aliphatic rings. The molecule has 1 N–H and O–H groups in total. The molecule has 3 aromatic rings. The van der Waals surface area contributed by atoms with E-state index in [4.69, 9.17) is 21.1 Å². The Labute approximate surface area is 222 Å². The summed E-state index contributed by atoms with van der Waals surface area (Å²) < 4.78 is 13.0. The summed E-state index contributed by atoms with van der Waals surface area (Å²) in [5.74, 6) is -0.366. The molecule has 1 aromatic heterocycles. The highest BCUT2D eigenvalue weighted by Gasteiger charge is 2.35. The normalized spacial score (nSPS) is 17.8. The van der Waals surface area contributed by atoms with Gasteiger partial charge in [-0.3, -0.25) is 14.2 Å². The predicted molar refractivity (Wildman–Crippen MR) is 140 cm³/mol. The Morgan fingerprint density at radius 2 is 2.03 bits per heavy atom. The fourth-order valence-electron chi connectivity index (χ4n) is 4.37. The number of fused-ring (bicyclic) bond motifs is 2. The molecule has 0 saturated heterocycles. The van der Waals surface area contributed by atoms with Gasteiger partial charge in [-0.1, -0.05) is 29.0 Å². The van der Waals surface area contributed by atoms with Crippen LogP contribution in [0.4, 0.5) is 5.69 Å². The van der Waals surface area contributed by atoms with E-state index in [2.05, 4.69) is 26.2 Å². The number of esters is 1. The van der Waals surface area contributed by atoms with Crippen LogP contribution in [0, 0.1) is 0 Å². The van der Waals surface area contributed by atoms with Gasteiger partial charge in [-0.25, -0.2) is 9.79 Å². The van der Waals surface area contributed by atoms with Crippen LogP contribution in [0.5, 0.6) is 5.75 Å². The lowest BCUT2D eigenvalue weighted by Gasteiger charge is -2.25. The molecule has 2 aromatic carbocycles. The number of halogens is 2. The maximum atomic E-state index is 13.9. The molecule has 36 heavy (non-hydrogen) atoms. The number of benzene rings is 2. The summed E-state index contributed by atoms with van der Waals surface area (Å²) in [7, 11) is 1.55. The lowest BCUT2D eigenvalue weighted by Crippen LogP contribution is -2.40. The number of amides is 1. The van der Waals surface area contributed by atoms with E-state index in [1.54, 1.807) is 57.4 Å². The summed E-state index contributed by atoms with van der Waals surface area (Å²) in [6.07, 6.45) is 0. The van der Waals surface area contributed by atoms with Gasteiger partial charge in [0.05, 0.1) is 41.1 Å². The Balaban J connectivity index is 1.82. The van der Waals surface area contributed by atoms with E-state index in [-0.39, 0.29) is 22.3 Å². The van der Waals surface area contributed by atoms with Gasteiger partial charge in [-0.2, -0.15) is 0 Å². The molecule has 3 heterocycles. The van der Waals surface area contributed by atoms with Gasteiger partial charge in [0.2, 0.25) is 0 Å². The standard InChI is InChI=1S/C25H19BrClN3O5S/c1-4-35-24(33)18-11(2)28-25-30(20(18)12-5-8-17(34-3)15(26)9-12)23(32)21(36-25)19-14-10-13(27)6-7-16(14)29-22(19)31/h5-10,20H,4H2,1-3H3,(H,29,31)/b21-19-/t20-/m1/s1. The third-order valence-electron chi connectivity index (χ3n) is 5.94. The number of thiazole rings is 1. The van der Waals surface area contributed by atoms with E-state index in [0.29, 0.717) is 42.6 Å². The van der Waals surface area contributed by atoms with Crippen LogP contribution in [0.2, 0.25) is 5.02 Å². The van der Waals surface area contributed by atoms with Crippen molar-refractivity contribution < 1.29 is 19.1 Å². The maximum Gasteiger partial charge on any atom is 0.338 e. The van der Waals surface area contributed by atoms with Gasteiger partial charge < -0.3 is 14.8 Å². The Bertz CT molecular complexity index is 1670. The summed E-state index contributed by atoms with van der Waals surface area (Å²) in [4.78, 5) is 44.9. The lowest BCUT2D eigenvalue weighted by molar-refractivity contribution is -0.139. The first-order chi connectivity index (χ1) is 17.2. The largest absolute Gasteiger partial charge is 0.496 e. The van der Waals surface area contributed by atoms with Gasteiger partial charge in [0.1, 0.15) is 10.3 Å². The molecule has 5 rings (SSSR count). The molecule has 0 bridgehead atoms. The number of hydrogen-bond acceptors (Lipinski definition) is 7. The number of carbonyl (C=O) groups is 2. The highest BCUT2D eigenvalue weighted by molar-refractivity contribution is 9.10. The second kappa shape index (κ2) is 9.34. The zero-order valence-electron chi connectivity index (χ0n) is 19.3. The Morgan fingerprint density at radius 3 is 2.72 bits per heavy atom. The zero-order valence-corrected chi connectivity index (χ0v) is 22.5. The van der Waals surface area contributed by atoms with E-state index >= 15 is 0 Å². The van der Waals surface area contributed by atoms with Crippen molar-refractivity contribution in [3.8, 4) is 5.75 Å². The number of hydrogen-bond donors (Lipinski definition) is 1. The van der Waals surface area contributed by atoms with Crippen LogP contribution < -0.4 is 24.9 Å². The van der Waals surface area contributed by atoms with Gasteiger partial charge in [0, 0.05) is 16.3 Å². The molecule has 8 nitrogen and oxygen atoms in total. The third kappa shape index (κ3) is 3.89. The maximum absolute atomic E-state index is 13.9. The number of anilines is 1. The van der Waals surface area contributed by atoms with Crippen LogP contribution in [-0.2, 0) is 14.3 Å². The molecule has 11 heteroatoms. The summed E-state index contributed by atoms with van der Waals surface area (Å²) in [5, 5.41) is 3.23. The Morgan fingerprint density at radius 1 is 1.25 bits per heavy atom. The van der Waals surface area contributed by atoms with E-state index in [1.165, 1.54) is 4.57 Å². The predicted octanol–water partition coefficient (Wildman–Crippen LogP) is 3.55. The van der Waals surface area contributed by atoms with Crippen molar-refractivity contribution in [3.05, 3.63) is 88.0 Å². The van der Waals surface area contributed by atoms with Crippen molar-refractivity contribution in [2.45, 2.75) is 19.9 Å². The summed E-state index contributed by atoms with van der Waals surface area (Å²) in [5.41, 5.74) is 2.23. The minimum Gasteiger partial charge on any atom is -0.496 e. The first-order valence-corrected chi connectivity index (χ1v) is 12.9. The smallest absolute Gasteiger partial charge is 0.338 e. The number of aromatic nitrogens is 1. The van der Waals surface area contributed by atoms with Gasteiger partial charge in [-0.15, -0.1) is 0 Å².